The van der Waals surface area contributed by atoms with E-state index in [1.807, 2.05) is 48.5 Å². The molecule has 0 radical (unpaired) electrons. The minimum atomic E-state index is 0.0523. The number of hydrogen-bond acceptors (Lipinski definition) is 2. The monoisotopic (exact) mass is 380 g/mol. The van der Waals surface area contributed by atoms with Crippen molar-refractivity contribution in [3.05, 3.63) is 63.6 Å². The smallest absolute Gasteiger partial charge is 0.221 e. The Morgan fingerprint density at radius 1 is 1.09 bits per heavy atom. The van der Waals surface area contributed by atoms with E-state index in [0.29, 0.717) is 19.5 Å². The summed E-state index contributed by atoms with van der Waals surface area (Å²) in [6, 6.07) is 15.6. The van der Waals surface area contributed by atoms with Gasteiger partial charge in [-0.15, -0.1) is 0 Å². The highest BCUT2D eigenvalue weighted by atomic mass is 79.9. The second-order valence-corrected chi connectivity index (χ2v) is 6.27. The van der Waals surface area contributed by atoms with Crippen molar-refractivity contribution >= 4 is 39.1 Å². The Balaban J connectivity index is 1.62. The molecule has 3 nitrogen and oxygen atoms in total. The topological polar surface area (TPSA) is 41.1 Å². The molecular formula is C17H18BrClN2O. The number of anilines is 1. The average Bonchev–Trinajstić information content (AvgIpc) is 2.49. The molecule has 0 heterocycles. The maximum absolute atomic E-state index is 11.8. The molecule has 2 aromatic rings. The molecule has 1 amide bonds. The van der Waals surface area contributed by atoms with Crippen LogP contribution in [0.3, 0.4) is 0 Å². The lowest BCUT2D eigenvalue weighted by atomic mass is 10.1. The summed E-state index contributed by atoms with van der Waals surface area (Å²) in [5, 5.41) is 6.88. The van der Waals surface area contributed by atoms with Gasteiger partial charge in [0.05, 0.1) is 0 Å². The number of carbonyl (C=O) groups is 1. The molecule has 0 bridgehead atoms. The van der Waals surface area contributed by atoms with Gasteiger partial charge < -0.3 is 10.6 Å². The molecule has 0 aliphatic heterocycles. The van der Waals surface area contributed by atoms with E-state index in [-0.39, 0.29) is 5.91 Å². The zero-order valence-corrected chi connectivity index (χ0v) is 14.5. The maximum Gasteiger partial charge on any atom is 0.221 e. The van der Waals surface area contributed by atoms with Crippen LogP contribution in [0.1, 0.15) is 12.0 Å². The number of carbonyl (C=O) groups excluding carboxylic acids is 1. The highest BCUT2D eigenvalue weighted by Gasteiger charge is 2.01. The minimum absolute atomic E-state index is 0.0523. The van der Waals surface area contributed by atoms with Crippen molar-refractivity contribution in [2.75, 3.05) is 18.4 Å². The van der Waals surface area contributed by atoms with E-state index >= 15 is 0 Å². The first kappa shape index (κ1) is 16.8. The quantitative estimate of drug-likeness (QED) is 0.752. The molecule has 0 unspecified atom stereocenters. The molecule has 2 N–H and O–H groups in total. The van der Waals surface area contributed by atoms with Crippen molar-refractivity contribution < 1.29 is 4.79 Å². The van der Waals surface area contributed by atoms with Gasteiger partial charge in [-0.3, -0.25) is 4.79 Å². The number of hydrogen-bond donors (Lipinski definition) is 2. The molecule has 5 heteroatoms. The predicted molar refractivity (Wildman–Crippen MR) is 95.4 cm³/mol. The summed E-state index contributed by atoms with van der Waals surface area (Å²) in [4.78, 5) is 11.8. The van der Waals surface area contributed by atoms with Crippen molar-refractivity contribution in [1.82, 2.24) is 5.32 Å². The van der Waals surface area contributed by atoms with E-state index in [0.717, 1.165) is 27.2 Å². The van der Waals surface area contributed by atoms with E-state index in [9.17, 15) is 4.79 Å². The molecule has 2 rings (SSSR count). The Bertz CT molecular complexity index is 616. The van der Waals surface area contributed by atoms with Crippen LogP contribution < -0.4 is 10.6 Å². The van der Waals surface area contributed by atoms with Crippen LogP contribution >= 0.6 is 27.5 Å². The van der Waals surface area contributed by atoms with Crippen molar-refractivity contribution in [2.24, 2.45) is 0 Å². The third-order valence-electron chi connectivity index (χ3n) is 3.15. The van der Waals surface area contributed by atoms with Crippen LogP contribution in [0.25, 0.3) is 0 Å². The van der Waals surface area contributed by atoms with Gasteiger partial charge in [-0.05, 0) is 42.3 Å². The lowest BCUT2D eigenvalue weighted by molar-refractivity contribution is -0.120. The van der Waals surface area contributed by atoms with E-state index < -0.39 is 0 Å². The van der Waals surface area contributed by atoms with Gasteiger partial charge in [-0.2, -0.15) is 0 Å². The van der Waals surface area contributed by atoms with Gasteiger partial charge in [0.1, 0.15) is 0 Å². The second kappa shape index (κ2) is 8.81. The molecule has 0 fully saturated rings. The maximum atomic E-state index is 11.8. The van der Waals surface area contributed by atoms with Gasteiger partial charge in [0, 0.05) is 34.7 Å². The Morgan fingerprint density at radius 2 is 1.86 bits per heavy atom. The molecular weight excluding hydrogens is 364 g/mol. The second-order valence-electron chi connectivity index (χ2n) is 4.91. The third kappa shape index (κ3) is 6.08. The lowest BCUT2D eigenvalue weighted by Crippen LogP contribution is -2.27. The first-order chi connectivity index (χ1) is 10.6. The standard InChI is InChI=1S/C17H18BrClN2O/c18-14-2-1-3-16(12-14)20-11-9-17(22)21-10-8-13-4-6-15(19)7-5-13/h1-7,12,20H,8-11H2,(H,21,22). The molecule has 0 spiro atoms. The Hall–Kier alpha value is -1.52. The van der Waals surface area contributed by atoms with Crippen LogP contribution in [0.4, 0.5) is 5.69 Å². The summed E-state index contributed by atoms with van der Waals surface area (Å²) in [5.74, 6) is 0.0523. The summed E-state index contributed by atoms with van der Waals surface area (Å²) in [7, 11) is 0. The van der Waals surface area contributed by atoms with Crippen LogP contribution in [0.5, 0.6) is 0 Å². The Kier molecular flexibility index (Phi) is 6.74. The normalized spacial score (nSPS) is 10.3. The van der Waals surface area contributed by atoms with Gasteiger partial charge in [0.15, 0.2) is 0 Å². The third-order valence-corrected chi connectivity index (χ3v) is 3.90. The molecule has 2 aromatic carbocycles. The summed E-state index contributed by atoms with van der Waals surface area (Å²) < 4.78 is 1.02. The fraction of sp³-hybridized carbons (Fsp3) is 0.235. The van der Waals surface area contributed by atoms with Crippen molar-refractivity contribution in [2.45, 2.75) is 12.8 Å². The van der Waals surface area contributed by atoms with Crippen LogP contribution in [0, 0.1) is 0 Å². The van der Waals surface area contributed by atoms with Crippen LogP contribution in [-0.4, -0.2) is 19.0 Å². The van der Waals surface area contributed by atoms with Gasteiger partial charge in [0.25, 0.3) is 0 Å². The molecule has 0 aliphatic rings. The summed E-state index contributed by atoms with van der Waals surface area (Å²) >= 11 is 9.25. The fourth-order valence-corrected chi connectivity index (χ4v) is 2.53. The van der Waals surface area contributed by atoms with Gasteiger partial charge >= 0.3 is 0 Å². The lowest BCUT2D eigenvalue weighted by Gasteiger charge is -2.08. The Labute approximate surface area is 144 Å². The molecule has 0 aromatic heterocycles. The Morgan fingerprint density at radius 3 is 2.59 bits per heavy atom. The number of rotatable bonds is 7. The van der Waals surface area contributed by atoms with Crippen molar-refractivity contribution in [1.29, 1.82) is 0 Å². The molecule has 0 saturated heterocycles. The fourth-order valence-electron chi connectivity index (χ4n) is 2.00. The summed E-state index contributed by atoms with van der Waals surface area (Å²) in [5.41, 5.74) is 2.17. The van der Waals surface area contributed by atoms with E-state index in [1.165, 1.54) is 0 Å². The first-order valence-electron chi connectivity index (χ1n) is 7.14. The zero-order valence-electron chi connectivity index (χ0n) is 12.1. The van der Waals surface area contributed by atoms with Crippen molar-refractivity contribution in [3.63, 3.8) is 0 Å². The molecule has 116 valence electrons. The highest BCUT2D eigenvalue weighted by Crippen LogP contribution is 2.15. The number of nitrogens with one attached hydrogen (secondary N) is 2. The molecule has 0 atom stereocenters. The summed E-state index contributed by atoms with van der Waals surface area (Å²) in [6.45, 7) is 1.25. The van der Waals surface area contributed by atoms with Gasteiger partial charge in [0.2, 0.25) is 5.91 Å². The van der Waals surface area contributed by atoms with Crippen LogP contribution in [-0.2, 0) is 11.2 Å². The summed E-state index contributed by atoms with van der Waals surface area (Å²) in [6.07, 6.45) is 1.26. The highest BCUT2D eigenvalue weighted by molar-refractivity contribution is 9.10. The van der Waals surface area contributed by atoms with E-state index in [2.05, 4.69) is 26.6 Å². The SMILES string of the molecule is O=C(CCNc1cccc(Br)c1)NCCc1ccc(Cl)cc1. The van der Waals surface area contributed by atoms with E-state index in [4.69, 9.17) is 11.6 Å². The van der Waals surface area contributed by atoms with Gasteiger partial charge in [-0.1, -0.05) is 45.7 Å². The number of benzene rings is 2. The largest absolute Gasteiger partial charge is 0.384 e. The molecule has 22 heavy (non-hydrogen) atoms. The van der Waals surface area contributed by atoms with Crippen LogP contribution in [0.15, 0.2) is 53.0 Å². The molecule has 0 aliphatic carbocycles. The predicted octanol–water partition coefficient (Wildman–Crippen LogP) is 4.26. The minimum Gasteiger partial charge on any atom is -0.384 e. The molecule has 0 saturated carbocycles. The van der Waals surface area contributed by atoms with Crippen LogP contribution in [0.2, 0.25) is 5.02 Å². The first-order valence-corrected chi connectivity index (χ1v) is 8.31. The zero-order chi connectivity index (χ0) is 15.8. The number of amides is 1. The van der Waals surface area contributed by atoms with E-state index in [1.54, 1.807) is 0 Å². The van der Waals surface area contributed by atoms with Gasteiger partial charge in [-0.25, -0.2) is 0 Å². The average molecular weight is 382 g/mol. The number of halogens is 2. The van der Waals surface area contributed by atoms with Crippen molar-refractivity contribution in [3.8, 4) is 0 Å².